The molecule has 0 aliphatic heterocycles. The predicted octanol–water partition coefficient (Wildman–Crippen LogP) is -0.213. The molecule has 0 aliphatic rings. The Bertz CT molecular complexity index is 665. The zero-order chi connectivity index (χ0) is 16.2. The summed E-state index contributed by atoms with van der Waals surface area (Å²) in [6.07, 6.45) is 1.05. The number of hydrogen-bond donors (Lipinski definition) is 2. The van der Waals surface area contributed by atoms with Crippen LogP contribution in [0, 0.1) is 0 Å². The van der Waals surface area contributed by atoms with Crippen molar-refractivity contribution in [2.24, 2.45) is 0 Å². The van der Waals surface area contributed by atoms with Crippen LogP contribution >= 0.6 is 0 Å². The number of rotatable bonds is 6. The van der Waals surface area contributed by atoms with Crippen molar-refractivity contribution in [2.45, 2.75) is 22.8 Å². The Labute approximate surface area is 124 Å². The fourth-order valence-electron chi connectivity index (χ4n) is 1.51. The minimum absolute atomic E-state index is 0.0832. The van der Waals surface area contributed by atoms with Gasteiger partial charge in [-0.2, -0.15) is 0 Å². The Kier molecular flexibility index (Phi) is 5.62. The zero-order valence-corrected chi connectivity index (χ0v) is 13.0. The number of benzene rings is 1. The number of carbonyl (C=O) groups excluding carboxylic acids is 1. The van der Waals surface area contributed by atoms with Gasteiger partial charge in [0, 0.05) is 18.1 Å². The summed E-state index contributed by atoms with van der Waals surface area (Å²) in [6, 6.07) is 4.06. The number of hydrogen-bond acceptors (Lipinski definition) is 5. The maximum absolute atomic E-state index is 12.0. The van der Waals surface area contributed by atoms with E-state index in [1.165, 1.54) is 31.2 Å². The summed E-state index contributed by atoms with van der Waals surface area (Å²) in [5.74, 6) is -2.12. The molecule has 0 aliphatic carbocycles. The Hall–Kier alpha value is -1.74. The lowest BCUT2D eigenvalue weighted by Crippen LogP contribution is -2.43. The number of nitrogens with one attached hydrogen (secondary N) is 1. The molecule has 0 saturated heterocycles. The van der Waals surface area contributed by atoms with Crippen LogP contribution in [0.15, 0.2) is 34.1 Å². The molecule has 9 heteroatoms. The van der Waals surface area contributed by atoms with E-state index in [-0.39, 0.29) is 10.6 Å². The summed E-state index contributed by atoms with van der Waals surface area (Å²) in [7, 11) is -5.02. The quantitative estimate of drug-likeness (QED) is 0.743. The molecule has 1 aromatic carbocycles. The third-order valence-corrected chi connectivity index (χ3v) is 5.07. The third kappa shape index (κ3) is 5.27. The second-order valence-corrected chi connectivity index (χ2v) is 7.86. The van der Waals surface area contributed by atoms with Crippen molar-refractivity contribution in [1.82, 2.24) is 5.32 Å². The van der Waals surface area contributed by atoms with Crippen molar-refractivity contribution < 1.29 is 27.3 Å². The van der Waals surface area contributed by atoms with Gasteiger partial charge in [-0.05, 0) is 24.3 Å². The average Bonchev–Trinajstić information content (AvgIpc) is 2.36. The van der Waals surface area contributed by atoms with Crippen LogP contribution in [0.3, 0.4) is 0 Å². The Morgan fingerprint density at radius 2 is 1.81 bits per heavy atom. The normalized spacial score (nSPS) is 14.2. The van der Waals surface area contributed by atoms with Crippen molar-refractivity contribution in [3.63, 3.8) is 0 Å². The van der Waals surface area contributed by atoms with E-state index in [2.05, 4.69) is 5.32 Å². The van der Waals surface area contributed by atoms with Crippen LogP contribution in [-0.2, 0) is 30.2 Å². The summed E-state index contributed by atoms with van der Waals surface area (Å²) in [5, 5.41) is 11.1. The number of carbonyl (C=O) groups is 2. The zero-order valence-electron chi connectivity index (χ0n) is 11.4. The van der Waals surface area contributed by atoms with Crippen molar-refractivity contribution >= 4 is 32.5 Å². The van der Waals surface area contributed by atoms with E-state index in [1.54, 1.807) is 0 Å². The van der Waals surface area contributed by atoms with Crippen molar-refractivity contribution in [3.8, 4) is 0 Å². The van der Waals surface area contributed by atoms with Crippen LogP contribution in [0.4, 0.5) is 0 Å². The van der Waals surface area contributed by atoms with Gasteiger partial charge >= 0.3 is 5.97 Å². The molecule has 116 valence electrons. The molecule has 1 amide bonds. The SMILES string of the molecule is CC(=O)NC(CS(=O)c1ccc(S(C)(=O)=O)cc1)C(=O)O. The lowest BCUT2D eigenvalue weighted by molar-refractivity contribution is -0.140. The molecule has 0 radical (unpaired) electrons. The van der Waals surface area contributed by atoms with Gasteiger partial charge in [0.05, 0.1) is 21.4 Å². The van der Waals surface area contributed by atoms with E-state index in [1.807, 2.05) is 0 Å². The van der Waals surface area contributed by atoms with E-state index in [4.69, 9.17) is 5.11 Å². The Balaban J connectivity index is 2.88. The molecular weight excluding hydrogens is 318 g/mol. The monoisotopic (exact) mass is 333 g/mol. The number of carboxylic acid groups (broad SMARTS) is 1. The summed E-state index contributed by atoms with van der Waals surface area (Å²) in [6.45, 7) is 1.17. The fourth-order valence-corrected chi connectivity index (χ4v) is 3.30. The molecule has 0 spiro atoms. The lowest BCUT2D eigenvalue weighted by Gasteiger charge is -2.12. The van der Waals surface area contributed by atoms with Crippen molar-refractivity contribution in [1.29, 1.82) is 0 Å². The fraction of sp³-hybridized carbons (Fsp3) is 0.333. The van der Waals surface area contributed by atoms with Crippen LogP contribution in [0.5, 0.6) is 0 Å². The topological polar surface area (TPSA) is 118 Å². The highest BCUT2D eigenvalue weighted by molar-refractivity contribution is 7.90. The first-order chi connectivity index (χ1) is 9.61. The molecular formula is C12H15NO6S2. The van der Waals surface area contributed by atoms with Crippen LogP contribution in [-0.4, -0.2) is 47.7 Å². The minimum Gasteiger partial charge on any atom is -0.480 e. The van der Waals surface area contributed by atoms with E-state index >= 15 is 0 Å². The first-order valence-electron chi connectivity index (χ1n) is 5.79. The largest absolute Gasteiger partial charge is 0.480 e. The molecule has 0 heterocycles. The molecule has 2 atom stereocenters. The molecule has 7 nitrogen and oxygen atoms in total. The molecule has 1 aromatic rings. The van der Waals surface area contributed by atoms with E-state index < -0.39 is 38.6 Å². The van der Waals surface area contributed by atoms with Gasteiger partial charge < -0.3 is 10.4 Å². The number of carboxylic acids is 1. The standard InChI is InChI=1S/C12H15NO6S2/c1-8(14)13-11(12(15)16)7-20(17)9-3-5-10(6-4-9)21(2,18)19/h3-6,11H,7H2,1-2H3,(H,13,14)(H,15,16). The van der Waals surface area contributed by atoms with Gasteiger partial charge in [-0.25, -0.2) is 13.2 Å². The van der Waals surface area contributed by atoms with Gasteiger partial charge in [-0.15, -0.1) is 0 Å². The van der Waals surface area contributed by atoms with Crippen LogP contribution in [0.1, 0.15) is 6.92 Å². The smallest absolute Gasteiger partial charge is 0.327 e. The van der Waals surface area contributed by atoms with Gasteiger partial charge in [0.2, 0.25) is 5.91 Å². The third-order valence-electron chi connectivity index (χ3n) is 2.51. The minimum atomic E-state index is -3.35. The molecule has 21 heavy (non-hydrogen) atoms. The van der Waals surface area contributed by atoms with Crippen molar-refractivity contribution in [3.05, 3.63) is 24.3 Å². The highest BCUT2D eigenvalue weighted by Crippen LogP contribution is 2.14. The second-order valence-electron chi connectivity index (χ2n) is 4.35. The molecule has 2 N–H and O–H groups in total. The Morgan fingerprint density at radius 1 is 1.29 bits per heavy atom. The second kappa shape index (κ2) is 6.81. The lowest BCUT2D eigenvalue weighted by atomic mass is 10.3. The summed E-state index contributed by atoms with van der Waals surface area (Å²) < 4.78 is 34.7. The molecule has 0 bridgehead atoms. The van der Waals surface area contributed by atoms with E-state index in [0.717, 1.165) is 6.26 Å². The first-order valence-corrected chi connectivity index (χ1v) is 9.00. The molecule has 1 rings (SSSR count). The maximum Gasteiger partial charge on any atom is 0.327 e. The first kappa shape index (κ1) is 17.3. The van der Waals surface area contributed by atoms with Gasteiger partial charge in [-0.3, -0.25) is 9.00 Å². The van der Waals surface area contributed by atoms with Gasteiger partial charge in [0.25, 0.3) is 0 Å². The van der Waals surface area contributed by atoms with Gasteiger partial charge in [0.15, 0.2) is 9.84 Å². The Morgan fingerprint density at radius 3 is 2.19 bits per heavy atom. The molecule has 2 unspecified atom stereocenters. The average molecular weight is 333 g/mol. The van der Waals surface area contributed by atoms with Crippen molar-refractivity contribution in [2.75, 3.05) is 12.0 Å². The molecule has 0 fully saturated rings. The highest BCUT2D eigenvalue weighted by Gasteiger charge is 2.22. The van der Waals surface area contributed by atoms with Crippen LogP contribution < -0.4 is 5.32 Å². The number of amides is 1. The molecule has 0 aromatic heterocycles. The predicted molar refractivity (Wildman–Crippen MR) is 76.1 cm³/mol. The highest BCUT2D eigenvalue weighted by atomic mass is 32.2. The van der Waals surface area contributed by atoms with Gasteiger partial charge in [-0.1, -0.05) is 0 Å². The maximum atomic E-state index is 12.0. The van der Waals surface area contributed by atoms with E-state index in [9.17, 15) is 22.2 Å². The number of aliphatic carboxylic acids is 1. The van der Waals surface area contributed by atoms with E-state index in [0.29, 0.717) is 4.90 Å². The summed E-state index contributed by atoms with van der Waals surface area (Å²) in [4.78, 5) is 22.2. The van der Waals surface area contributed by atoms with Gasteiger partial charge in [0.1, 0.15) is 6.04 Å². The van der Waals surface area contributed by atoms with Crippen LogP contribution in [0.2, 0.25) is 0 Å². The van der Waals surface area contributed by atoms with Crippen LogP contribution in [0.25, 0.3) is 0 Å². The summed E-state index contributed by atoms with van der Waals surface area (Å²) in [5.41, 5.74) is 0. The summed E-state index contributed by atoms with van der Waals surface area (Å²) >= 11 is 0. The number of sulfone groups is 1. The molecule has 0 saturated carbocycles.